The Morgan fingerprint density at radius 1 is 1.27 bits per heavy atom. The molecule has 2 N–H and O–H groups in total. The van der Waals surface area contributed by atoms with Crippen LogP contribution in [-0.4, -0.2) is 4.98 Å². The second-order valence-corrected chi connectivity index (χ2v) is 3.90. The number of halogens is 2. The third-order valence-electron chi connectivity index (χ3n) is 1.93. The number of oxazole rings is 1. The van der Waals surface area contributed by atoms with Crippen molar-refractivity contribution in [2.24, 2.45) is 0 Å². The molecule has 0 bridgehead atoms. The van der Waals surface area contributed by atoms with Crippen molar-refractivity contribution in [1.82, 2.24) is 4.98 Å². The summed E-state index contributed by atoms with van der Waals surface area (Å²) in [5.74, 6) is 0.700. The van der Waals surface area contributed by atoms with E-state index >= 15 is 0 Å². The van der Waals surface area contributed by atoms with Crippen molar-refractivity contribution in [1.29, 1.82) is 0 Å². The van der Waals surface area contributed by atoms with E-state index in [2.05, 4.69) is 4.98 Å². The van der Waals surface area contributed by atoms with E-state index in [0.29, 0.717) is 22.2 Å². The second-order valence-electron chi connectivity index (χ2n) is 3.09. The summed E-state index contributed by atoms with van der Waals surface area (Å²) >= 11 is 11.7. The van der Waals surface area contributed by atoms with Crippen LogP contribution in [-0.2, 0) is 6.42 Å². The predicted molar refractivity (Wildman–Crippen MR) is 60.2 cm³/mol. The van der Waals surface area contributed by atoms with Gasteiger partial charge in [-0.15, -0.1) is 0 Å². The highest BCUT2D eigenvalue weighted by Gasteiger charge is 2.04. The fraction of sp³-hybridized carbons (Fsp3) is 0.100. The summed E-state index contributed by atoms with van der Waals surface area (Å²) in [7, 11) is 0. The zero-order chi connectivity index (χ0) is 10.8. The van der Waals surface area contributed by atoms with Gasteiger partial charge in [-0.3, -0.25) is 0 Å². The van der Waals surface area contributed by atoms with Crippen molar-refractivity contribution in [3.05, 3.63) is 45.8 Å². The van der Waals surface area contributed by atoms with Crippen molar-refractivity contribution < 1.29 is 4.42 Å². The number of rotatable bonds is 2. The Labute approximate surface area is 96.8 Å². The van der Waals surface area contributed by atoms with E-state index in [1.165, 1.54) is 0 Å². The van der Waals surface area contributed by atoms with Gasteiger partial charge in [-0.2, -0.15) is 0 Å². The lowest BCUT2D eigenvalue weighted by Gasteiger charge is -2.00. The zero-order valence-electron chi connectivity index (χ0n) is 7.71. The Morgan fingerprint density at radius 3 is 2.67 bits per heavy atom. The molecule has 1 aromatic carbocycles. The topological polar surface area (TPSA) is 52.0 Å². The third kappa shape index (κ3) is 2.43. The molecular weight excluding hydrogens is 235 g/mol. The molecule has 0 atom stereocenters. The van der Waals surface area contributed by atoms with Gasteiger partial charge in [0, 0.05) is 6.42 Å². The monoisotopic (exact) mass is 242 g/mol. The maximum Gasteiger partial charge on any atom is 0.292 e. The van der Waals surface area contributed by atoms with E-state index < -0.39 is 0 Å². The van der Waals surface area contributed by atoms with Crippen LogP contribution in [0.15, 0.2) is 28.8 Å². The number of benzene rings is 1. The fourth-order valence-corrected chi connectivity index (χ4v) is 1.58. The molecule has 3 nitrogen and oxygen atoms in total. The molecule has 0 aliphatic carbocycles. The van der Waals surface area contributed by atoms with Crippen molar-refractivity contribution >= 4 is 29.2 Å². The van der Waals surface area contributed by atoms with Crippen LogP contribution in [0.4, 0.5) is 6.01 Å². The summed E-state index contributed by atoms with van der Waals surface area (Å²) in [6.07, 6.45) is 2.19. The van der Waals surface area contributed by atoms with Crippen molar-refractivity contribution in [2.45, 2.75) is 6.42 Å². The van der Waals surface area contributed by atoms with Crippen LogP contribution in [0, 0.1) is 0 Å². The predicted octanol–water partition coefficient (Wildman–Crippen LogP) is 3.15. The lowest BCUT2D eigenvalue weighted by atomic mass is 10.1. The maximum absolute atomic E-state index is 5.88. The first-order valence-electron chi connectivity index (χ1n) is 4.29. The summed E-state index contributed by atoms with van der Waals surface area (Å²) in [5.41, 5.74) is 6.36. The van der Waals surface area contributed by atoms with Gasteiger partial charge in [0.25, 0.3) is 6.01 Å². The lowest BCUT2D eigenvalue weighted by Crippen LogP contribution is -1.86. The number of aromatic nitrogens is 1. The van der Waals surface area contributed by atoms with E-state index in [1.807, 2.05) is 6.07 Å². The number of hydrogen-bond donors (Lipinski definition) is 1. The van der Waals surface area contributed by atoms with Crippen LogP contribution in [0.2, 0.25) is 10.0 Å². The average Bonchev–Trinajstić information content (AvgIpc) is 2.58. The largest absolute Gasteiger partial charge is 0.429 e. The molecule has 0 unspecified atom stereocenters. The first kappa shape index (κ1) is 10.3. The molecule has 0 saturated carbocycles. The van der Waals surface area contributed by atoms with Crippen LogP contribution in [0.1, 0.15) is 11.3 Å². The van der Waals surface area contributed by atoms with E-state index in [9.17, 15) is 0 Å². The third-order valence-corrected chi connectivity index (χ3v) is 2.67. The van der Waals surface area contributed by atoms with Crippen LogP contribution in [0.5, 0.6) is 0 Å². The molecule has 0 amide bonds. The quantitative estimate of drug-likeness (QED) is 0.881. The van der Waals surface area contributed by atoms with Gasteiger partial charge in [-0.1, -0.05) is 29.3 Å². The molecule has 2 rings (SSSR count). The molecule has 0 aliphatic rings. The molecule has 15 heavy (non-hydrogen) atoms. The second kappa shape index (κ2) is 4.13. The highest BCUT2D eigenvalue weighted by Crippen LogP contribution is 2.24. The molecule has 1 aromatic heterocycles. The summed E-state index contributed by atoms with van der Waals surface area (Å²) in [5, 5.41) is 1.07. The highest BCUT2D eigenvalue weighted by atomic mass is 35.5. The van der Waals surface area contributed by atoms with E-state index in [-0.39, 0.29) is 6.01 Å². The molecule has 0 fully saturated rings. The number of nitrogen functional groups attached to an aromatic ring is 1. The van der Waals surface area contributed by atoms with E-state index in [0.717, 1.165) is 5.56 Å². The van der Waals surface area contributed by atoms with Gasteiger partial charge in [0.15, 0.2) is 0 Å². The van der Waals surface area contributed by atoms with Crippen LogP contribution in [0.25, 0.3) is 0 Å². The molecule has 0 spiro atoms. The van der Waals surface area contributed by atoms with Gasteiger partial charge < -0.3 is 10.2 Å². The minimum absolute atomic E-state index is 0.171. The summed E-state index contributed by atoms with van der Waals surface area (Å²) < 4.78 is 5.15. The fourth-order valence-electron chi connectivity index (χ4n) is 1.26. The highest BCUT2D eigenvalue weighted by molar-refractivity contribution is 6.42. The zero-order valence-corrected chi connectivity index (χ0v) is 9.22. The molecule has 5 heteroatoms. The van der Waals surface area contributed by atoms with Gasteiger partial charge >= 0.3 is 0 Å². The smallest absolute Gasteiger partial charge is 0.292 e. The van der Waals surface area contributed by atoms with Gasteiger partial charge in [-0.25, -0.2) is 4.98 Å². The standard InChI is InChI=1S/C10H8Cl2N2O/c11-8-2-1-6(4-9(8)12)3-7-5-14-10(13)15-7/h1-2,4-5H,3H2,(H2,13,14). The first-order valence-corrected chi connectivity index (χ1v) is 5.05. The summed E-state index contributed by atoms with van der Waals surface area (Å²) in [6, 6.07) is 5.60. The minimum atomic E-state index is 0.171. The van der Waals surface area contributed by atoms with E-state index in [4.69, 9.17) is 33.4 Å². The molecule has 78 valence electrons. The Bertz CT molecular complexity index is 482. The number of anilines is 1. The molecule has 0 radical (unpaired) electrons. The number of nitrogens with two attached hydrogens (primary N) is 1. The summed E-state index contributed by atoms with van der Waals surface area (Å²) in [6.45, 7) is 0. The Morgan fingerprint density at radius 2 is 2.07 bits per heavy atom. The maximum atomic E-state index is 5.88. The van der Waals surface area contributed by atoms with Crippen LogP contribution >= 0.6 is 23.2 Å². The average molecular weight is 243 g/mol. The van der Waals surface area contributed by atoms with Crippen molar-refractivity contribution in [3.63, 3.8) is 0 Å². The van der Waals surface area contributed by atoms with Crippen LogP contribution < -0.4 is 5.73 Å². The van der Waals surface area contributed by atoms with E-state index in [1.54, 1.807) is 18.3 Å². The molecule has 2 aromatic rings. The van der Waals surface area contributed by atoms with Gasteiger partial charge in [0.05, 0.1) is 16.2 Å². The first-order chi connectivity index (χ1) is 7.15. The minimum Gasteiger partial charge on any atom is -0.429 e. The molecule has 0 aliphatic heterocycles. The Hall–Kier alpha value is -1.19. The molecule has 0 saturated heterocycles. The van der Waals surface area contributed by atoms with Gasteiger partial charge in [0.1, 0.15) is 5.76 Å². The normalized spacial score (nSPS) is 10.5. The Balaban J connectivity index is 2.21. The SMILES string of the molecule is Nc1ncc(Cc2ccc(Cl)c(Cl)c2)o1. The van der Waals surface area contributed by atoms with Gasteiger partial charge in [-0.05, 0) is 17.7 Å². The van der Waals surface area contributed by atoms with Gasteiger partial charge in [0.2, 0.25) is 0 Å². The van der Waals surface area contributed by atoms with Crippen LogP contribution in [0.3, 0.4) is 0 Å². The number of hydrogen-bond acceptors (Lipinski definition) is 3. The molecular formula is C10H8Cl2N2O. The lowest BCUT2D eigenvalue weighted by molar-refractivity contribution is 0.534. The Kier molecular flexibility index (Phi) is 2.84. The van der Waals surface area contributed by atoms with Crippen molar-refractivity contribution in [3.8, 4) is 0 Å². The van der Waals surface area contributed by atoms with Crippen molar-refractivity contribution in [2.75, 3.05) is 5.73 Å². The molecule has 1 heterocycles. The number of nitrogens with zero attached hydrogens (tertiary/aromatic N) is 1. The summed E-state index contributed by atoms with van der Waals surface area (Å²) in [4.78, 5) is 3.80.